The monoisotopic (exact) mass is 410 g/mol. The van der Waals surface area contributed by atoms with Crippen LogP contribution in [0.15, 0.2) is 41.0 Å². The third kappa shape index (κ3) is 3.72. The van der Waals surface area contributed by atoms with E-state index in [-0.39, 0.29) is 41.8 Å². The average molecular weight is 410 g/mol. The van der Waals surface area contributed by atoms with E-state index in [0.717, 1.165) is 24.2 Å². The number of esters is 1. The van der Waals surface area contributed by atoms with Crippen LogP contribution >= 0.6 is 0 Å². The maximum absolute atomic E-state index is 12.7. The largest absolute Gasteiger partial charge is 0.467 e. The molecule has 2 aliphatic heterocycles. The molecule has 2 aliphatic rings. The maximum Gasteiger partial charge on any atom is 0.338 e. The van der Waals surface area contributed by atoms with Crippen LogP contribution in [0.4, 0.5) is 0 Å². The molecular weight excluding hydrogens is 388 g/mol. The summed E-state index contributed by atoms with van der Waals surface area (Å²) in [6, 6.07) is 7.68. The van der Waals surface area contributed by atoms with Crippen molar-refractivity contribution in [3.63, 3.8) is 0 Å². The van der Waals surface area contributed by atoms with Crippen molar-refractivity contribution in [3.8, 4) is 0 Å². The zero-order chi connectivity index (χ0) is 21.3. The molecule has 8 heteroatoms. The Morgan fingerprint density at radius 1 is 1.13 bits per heavy atom. The molecule has 2 aromatic rings. The topological polar surface area (TPSA) is 97.1 Å². The van der Waals surface area contributed by atoms with E-state index >= 15 is 0 Å². The fourth-order valence-corrected chi connectivity index (χ4v) is 3.88. The van der Waals surface area contributed by atoms with Gasteiger partial charge < -0.3 is 14.1 Å². The highest BCUT2D eigenvalue weighted by Crippen LogP contribution is 2.26. The average Bonchev–Trinajstić information content (AvgIpc) is 3.35. The molecule has 0 saturated carbocycles. The lowest BCUT2D eigenvalue weighted by molar-refractivity contribution is -0.137. The summed E-state index contributed by atoms with van der Waals surface area (Å²) in [5.41, 5.74) is 0.479. The Kier molecular flexibility index (Phi) is 5.39. The van der Waals surface area contributed by atoms with Crippen LogP contribution < -0.4 is 0 Å². The molecule has 156 valence electrons. The number of likely N-dealkylation sites (tertiary alicyclic amines) is 1. The first kappa shape index (κ1) is 19.9. The van der Waals surface area contributed by atoms with Gasteiger partial charge in [0.05, 0.1) is 29.5 Å². The Labute approximate surface area is 173 Å². The summed E-state index contributed by atoms with van der Waals surface area (Å²) in [7, 11) is 0. The number of amides is 3. The molecule has 1 aromatic heterocycles. The predicted octanol–water partition coefficient (Wildman–Crippen LogP) is 2.63. The molecule has 1 aromatic carbocycles. The molecule has 1 saturated heterocycles. The van der Waals surface area contributed by atoms with Crippen LogP contribution in [0.2, 0.25) is 0 Å². The Bertz CT molecular complexity index is 997. The van der Waals surface area contributed by atoms with Gasteiger partial charge in [-0.25, -0.2) is 4.79 Å². The number of hydrogen-bond donors (Lipinski definition) is 0. The van der Waals surface area contributed by atoms with E-state index in [0.29, 0.717) is 12.3 Å². The number of rotatable bonds is 5. The third-order valence-electron chi connectivity index (χ3n) is 5.55. The van der Waals surface area contributed by atoms with Crippen LogP contribution in [0.25, 0.3) is 0 Å². The minimum absolute atomic E-state index is 0.0155. The van der Waals surface area contributed by atoms with Crippen LogP contribution in [0.3, 0.4) is 0 Å². The van der Waals surface area contributed by atoms with Crippen molar-refractivity contribution in [2.45, 2.75) is 38.8 Å². The Balaban J connectivity index is 1.42. The lowest BCUT2D eigenvalue weighted by atomic mass is 10.0. The molecule has 0 unspecified atom stereocenters. The van der Waals surface area contributed by atoms with Crippen molar-refractivity contribution >= 4 is 23.7 Å². The smallest absolute Gasteiger partial charge is 0.338 e. The maximum atomic E-state index is 12.7. The van der Waals surface area contributed by atoms with Gasteiger partial charge >= 0.3 is 5.97 Å². The van der Waals surface area contributed by atoms with Gasteiger partial charge in [0.15, 0.2) is 6.61 Å². The number of imide groups is 1. The number of carbonyl (C=O) groups is 4. The lowest BCUT2D eigenvalue weighted by Crippen LogP contribution is -2.44. The van der Waals surface area contributed by atoms with E-state index in [9.17, 15) is 19.2 Å². The van der Waals surface area contributed by atoms with Crippen LogP contribution in [0.1, 0.15) is 63.0 Å². The number of benzene rings is 1. The zero-order valence-electron chi connectivity index (χ0n) is 16.6. The molecule has 4 rings (SSSR count). The number of furan rings is 1. The van der Waals surface area contributed by atoms with Crippen molar-refractivity contribution < 1.29 is 28.3 Å². The summed E-state index contributed by atoms with van der Waals surface area (Å²) >= 11 is 0. The fraction of sp³-hybridized carbons (Fsp3) is 0.364. The molecule has 0 radical (unpaired) electrons. The van der Waals surface area contributed by atoms with E-state index < -0.39 is 17.8 Å². The second-order valence-electron chi connectivity index (χ2n) is 7.54. The first-order chi connectivity index (χ1) is 14.5. The minimum Gasteiger partial charge on any atom is -0.467 e. The number of nitrogens with zero attached hydrogens (tertiary/aromatic N) is 2. The summed E-state index contributed by atoms with van der Waals surface area (Å²) in [5.74, 6) is -1.40. The van der Waals surface area contributed by atoms with Crippen LogP contribution in [0, 0.1) is 0 Å². The molecule has 0 bridgehead atoms. The van der Waals surface area contributed by atoms with Gasteiger partial charge in [-0.2, -0.15) is 0 Å². The van der Waals surface area contributed by atoms with Crippen molar-refractivity contribution in [3.05, 3.63) is 59.0 Å². The summed E-state index contributed by atoms with van der Waals surface area (Å²) in [6.45, 7) is 2.31. The van der Waals surface area contributed by atoms with Gasteiger partial charge in [-0.1, -0.05) is 0 Å². The van der Waals surface area contributed by atoms with E-state index in [2.05, 4.69) is 0 Å². The molecule has 0 aliphatic carbocycles. The Morgan fingerprint density at radius 3 is 2.67 bits per heavy atom. The van der Waals surface area contributed by atoms with E-state index in [1.807, 2.05) is 6.92 Å². The van der Waals surface area contributed by atoms with E-state index in [4.69, 9.17) is 9.15 Å². The van der Waals surface area contributed by atoms with Gasteiger partial charge in [-0.05, 0) is 56.5 Å². The molecule has 8 nitrogen and oxygen atoms in total. The van der Waals surface area contributed by atoms with Crippen molar-refractivity contribution in [2.75, 3.05) is 13.2 Å². The number of hydrogen-bond acceptors (Lipinski definition) is 6. The number of ether oxygens (including phenoxy) is 1. The molecule has 1 fully saturated rings. The molecule has 3 amide bonds. The summed E-state index contributed by atoms with van der Waals surface area (Å²) < 4.78 is 10.4. The first-order valence-electron chi connectivity index (χ1n) is 9.95. The summed E-state index contributed by atoms with van der Waals surface area (Å²) in [4.78, 5) is 52.8. The quantitative estimate of drug-likeness (QED) is 0.555. The van der Waals surface area contributed by atoms with Crippen LogP contribution in [0.5, 0.6) is 0 Å². The highest BCUT2D eigenvalue weighted by atomic mass is 16.5. The van der Waals surface area contributed by atoms with E-state index in [1.165, 1.54) is 24.5 Å². The molecule has 30 heavy (non-hydrogen) atoms. The number of carbonyl (C=O) groups excluding carboxylic acids is 4. The Morgan fingerprint density at radius 2 is 1.93 bits per heavy atom. The molecular formula is C22H22N2O6. The summed E-state index contributed by atoms with van der Waals surface area (Å²) in [6.07, 6.45) is 4.44. The van der Waals surface area contributed by atoms with Crippen molar-refractivity contribution in [1.29, 1.82) is 0 Å². The standard InChI is InChI=1S/C22H22N2O6/c1-14-5-2-3-9-23(14)19(25)13-30-22(28)15-7-8-17-18(11-15)21(27)24(20(17)26)12-16-6-4-10-29-16/h4,6-8,10-11,14H,2-3,5,9,12-13H2,1H3/t14-/m0/s1. The lowest BCUT2D eigenvalue weighted by Gasteiger charge is -2.33. The number of fused-ring (bicyclic) bond motifs is 1. The molecule has 3 heterocycles. The molecule has 0 spiro atoms. The number of piperidine rings is 1. The van der Waals surface area contributed by atoms with Crippen LogP contribution in [-0.2, 0) is 16.1 Å². The second kappa shape index (κ2) is 8.14. The normalized spacial score (nSPS) is 18.5. The zero-order valence-corrected chi connectivity index (χ0v) is 16.6. The fourth-order valence-electron chi connectivity index (χ4n) is 3.88. The van der Waals surface area contributed by atoms with Crippen molar-refractivity contribution in [2.24, 2.45) is 0 Å². The second-order valence-corrected chi connectivity index (χ2v) is 7.54. The molecule has 0 N–H and O–H groups in total. The van der Waals surface area contributed by atoms with Gasteiger partial charge in [0.1, 0.15) is 5.76 Å². The molecule has 1 atom stereocenters. The highest BCUT2D eigenvalue weighted by molar-refractivity contribution is 6.21. The van der Waals surface area contributed by atoms with Gasteiger partial charge in [0.2, 0.25) is 0 Å². The SMILES string of the molecule is C[C@H]1CCCCN1C(=O)COC(=O)c1ccc2c(c1)C(=O)N(Cc1ccco1)C2=O. The van der Waals surface area contributed by atoms with Gasteiger partial charge in [0, 0.05) is 12.6 Å². The van der Waals surface area contributed by atoms with Crippen LogP contribution in [-0.4, -0.2) is 52.7 Å². The van der Waals surface area contributed by atoms with Crippen molar-refractivity contribution in [1.82, 2.24) is 9.80 Å². The predicted molar refractivity (Wildman–Crippen MR) is 105 cm³/mol. The highest BCUT2D eigenvalue weighted by Gasteiger charge is 2.36. The van der Waals surface area contributed by atoms with Gasteiger partial charge in [0.25, 0.3) is 17.7 Å². The summed E-state index contributed by atoms with van der Waals surface area (Å²) in [5, 5.41) is 0. The third-order valence-corrected chi connectivity index (χ3v) is 5.55. The van der Waals surface area contributed by atoms with E-state index in [1.54, 1.807) is 17.0 Å². The van der Waals surface area contributed by atoms with Gasteiger partial charge in [-0.15, -0.1) is 0 Å². The van der Waals surface area contributed by atoms with Gasteiger partial charge in [-0.3, -0.25) is 19.3 Å². The first-order valence-corrected chi connectivity index (χ1v) is 9.95. The minimum atomic E-state index is -0.708. The Hall–Kier alpha value is -3.42.